The van der Waals surface area contributed by atoms with Gasteiger partial charge in [-0.3, -0.25) is 29.6 Å². The molecule has 0 spiro atoms. The van der Waals surface area contributed by atoms with Crippen LogP contribution in [0.15, 0.2) is 66.4 Å². The maximum atomic E-state index is 13.3. The van der Waals surface area contributed by atoms with Crippen LogP contribution in [0.2, 0.25) is 0 Å². The minimum Gasteiger partial charge on any atom is -0.507 e. The third kappa shape index (κ3) is 4.19. The maximum Gasteiger partial charge on any atom is 0.301 e. The molecule has 1 aliphatic rings. The van der Waals surface area contributed by atoms with Gasteiger partial charge >= 0.3 is 5.91 Å². The van der Waals surface area contributed by atoms with E-state index in [-0.39, 0.29) is 22.2 Å². The monoisotopic (exact) mass is 516 g/mol. The number of Topliss-reactive ketones (excluding diaryl/α,β-unsaturated/α-hetero) is 1. The van der Waals surface area contributed by atoms with E-state index in [1.807, 2.05) is 13.8 Å². The lowest BCUT2D eigenvalue weighted by atomic mass is 9.97. The molecule has 11 heteroatoms. The van der Waals surface area contributed by atoms with Gasteiger partial charge in [0.2, 0.25) is 0 Å². The van der Waals surface area contributed by atoms with Crippen LogP contribution in [0.25, 0.3) is 16.0 Å². The molecule has 1 aliphatic heterocycles. The number of hydrogen-bond donors (Lipinski definition) is 1. The van der Waals surface area contributed by atoms with Crippen molar-refractivity contribution in [3.8, 4) is 5.75 Å². The molecule has 1 amide bonds. The average Bonchev–Trinajstić information content (AvgIpc) is 3.43. The molecule has 1 N–H and O–H groups in total. The smallest absolute Gasteiger partial charge is 0.301 e. The van der Waals surface area contributed by atoms with Crippen LogP contribution in [0, 0.1) is 17.0 Å². The number of aromatic nitrogens is 2. The average molecular weight is 517 g/mol. The molecule has 5 rings (SSSR count). The minimum atomic E-state index is -1.05. The molecule has 3 heterocycles. The van der Waals surface area contributed by atoms with Gasteiger partial charge in [0.1, 0.15) is 17.6 Å². The van der Waals surface area contributed by atoms with Crippen molar-refractivity contribution in [2.24, 2.45) is 0 Å². The van der Waals surface area contributed by atoms with Crippen LogP contribution in [0.5, 0.6) is 5.75 Å². The number of benzene rings is 2. The number of non-ortho nitro benzene ring substituents is 1. The number of pyridine rings is 1. The van der Waals surface area contributed by atoms with E-state index in [4.69, 9.17) is 4.74 Å². The van der Waals surface area contributed by atoms with Crippen LogP contribution >= 0.6 is 11.3 Å². The Hall–Kier alpha value is -4.64. The molecule has 2 aromatic carbocycles. The number of nitro groups is 1. The SMILES string of the molecule is CCOc1ccc(/C(O)=C2\C(=O)C(=O)N(c3nc4ccc([N+](=O)[O-])cc4s3)C2c2ccccn2)cc1C. The third-order valence-electron chi connectivity index (χ3n) is 5.94. The van der Waals surface area contributed by atoms with E-state index < -0.39 is 22.7 Å². The maximum absolute atomic E-state index is 13.3. The lowest BCUT2D eigenvalue weighted by molar-refractivity contribution is -0.384. The summed E-state index contributed by atoms with van der Waals surface area (Å²) in [5.41, 5.74) is 1.65. The molecule has 37 heavy (non-hydrogen) atoms. The van der Waals surface area contributed by atoms with Crippen molar-refractivity contribution in [3.05, 3.63) is 93.3 Å². The second kappa shape index (κ2) is 9.43. The Morgan fingerprint density at radius 1 is 1.19 bits per heavy atom. The summed E-state index contributed by atoms with van der Waals surface area (Å²) < 4.78 is 6.05. The van der Waals surface area contributed by atoms with Gasteiger partial charge in [-0.2, -0.15) is 0 Å². The van der Waals surface area contributed by atoms with Gasteiger partial charge in [0.05, 0.1) is 33.0 Å². The van der Waals surface area contributed by atoms with Gasteiger partial charge in [-0.15, -0.1) is 0 Å². The van der Waals surface area contributed by atoms with Crippen molar-refractivity contribution in [1.29, 1.82) is 0 Å². The highest BCUT2D eigenvalue weighted by atomic mass is 32.1. The molecular formula is C26H20N4O6S. The molecule has 10 nitrogen and oxygen atoms in total. The van der Waals surface area contributed by atoms with Crippen LogP contribution in [0.3, 0.4) is 0 Å². The summed E-state index contributed by atoms with van der Waals surface area (Å²) in [5.74, 6) is -1.47. The van der Waals surface area contributed by atoms with Crippen molar-refractivity contribution >= 4 is 49.8 Å². The summed E-state index contributed by atoms with van der Waals surface area (Å²) in [5, 5.41) is 22.7. The molecule has 0 aliphatic carbocycles. The Bertz CT molecular complexity index is 1600. The van der Waals surface area contributed by atoms with Gasteiger partial charge in [-0.1, -0.05) is 17.4 Å². The summed E-state index contributed by atoms with van der Waals surface area (Å²) >= 11 is 1.04. The molecule has 0 bridgehead atoms. The van der Waals surface area contributed by atoms with E-state index in [9.17, 15) is 24.8 Å². The number of ether oxygens (including phenoxy) is 1. The van der Waals surface area contributed by atoms with Crippen LogP contribution in [0.4, 0.5) is 10.8 Å². The number of amides is 1. The molecular weight excluding hydrogens is 496 g/mol. The van der Waals surface area contributed by atoms with E-state index in [0.717, 1.165) is 16.9 Å². The molecule has 4 aromatic rings. The molecule has 186 valence electrons. The van der Waals surface area contributed by atoms with E-state index in [1.165, 1.54) is 29.3 Å². The first-order chi connectivity index (χ1) is 17.8. The van der Waals surface area contributed by atoms with Gasteiger partial charge < -0.3 is 9.84 Å². The van der Waals surface area contributed by atoms with Crippen molar-refractivity contribution < 1.29 is 24.4 Å². The Morgan fingerprint density at radius 2 is 2.00 bits per heavy atom. The number of aryl methyl sites for hydroxylation is 1. The normalized spacial score (nSPS) is 16.9. The van der Waals surface area contributed by atoms with Gasteiger partial charge in [-0.25, -0.2) is 4.98 Å². The number of hydrogen-bond acceptors (Lipinski definition) is 9. The molecule has 1 atom stereocenters. The molecule has 1 saturated heterocycles. The number of aliphatic hydroxyl groups is 1. The van der Waals surface area contributed by atoms with Crippen molar-refractivity contribution in [3.63, 3.8) is 0 Å². The fraction of sp³-hybridized carbons (Fsp3) is 0.154. The Morgan fingerprint density at radius 3 is 2.68 bits per heavy atom. The quantitative estimate of drug-likeness (QED) is 0.125. The second-order valence-electron chi connectivity index (χ2n) is 8.24. The van der Waals surface area contributed by atoms with E-state index in [1.54, 1.807) is 36.4 Å². The van der Waals surface area contributed by atoms with Crippen LogP contribution < -0.4 is 9.64 Å². The lowest BCUT2D eigenvalue weighted by Crippen LogP contribution is -2.29. The predicted molar refractivity (Wildman–Crippen MR) is 138 cm³/mol. The number of nitrogens with zero attached hydrogens (tertiary/aromatic N) is 4. The zero-order chi connectivity index (χ0) is 26.3. The van der Waals surface area contributed by atoms with E-state index >= 15 is 0 Å². The zero-order valence-electron chi connectivity index (χ0n) is 19.7. The molecule has 2 aromatic heterocycles. The number of ketones is 1. The summed E-state index contributed by atoms with van der Waals surface area (Å²) in [7, 11) is 0. The zero-order valence-corrected chi connectivity index (χ0v) is 20.6. The third-order valence-corrected chi connectivity index (χ3v) is 6.96. The molecule has 1 fully saturated rings. The highest BCUT2D eigenvalue weighted by Gasteiger charge is 2.48. The highest BCUT2D eigenvalue weighted by Crippen LogP contribution is 2.44. The second-order valence-corrected chi connectivity index (χ2v) is 9.25. The van der Waals surface area contributed by atoms with Crippen molar-refractivity contribution in [2.45, 2.75) is 19.9 Å². The topological polar surface area (TPSA) is 136 Å². The van der Waals surface area contributed by atoms with Gasteiger partial charge in [0.25, 0.3) is 11.5 Å². The summed E-state index contributed by atoms with van der Waals surface area (Å²) in [6.07, 6.45) is 1.53. The van der Waals surface area contributed by atoms with Gasteiger partial charge in [0.15, 0.2) is 5.13 Å². The van der Waals surface area contributed by atoms with E-state index in [0.29, 0.717) is 33.8 Å². The Balaban J connectivity index is 1.68. The number of anilines is 1. The number of rotatable bonds is 6. The van der Waals surface area contributed by atoms with Gasteiger partial charge in [0, 0.05) is 23.9 Å². The predicted octanol–water partition coefficient (Wildman–Crippen LogP) is 4.93. The standard InChI is InChI=1S/C26H20N4O6S/c1-3-36-19-10-7-15(12-14(19)2)23(31)21-22(18-6-4-5-11-27-18)29(25(33)24(21)32)26-28-17-9-8-16(30(34)35)13-20(17)37-26/h4-13,22,31H,3H2,1-2H3/b23-21+. The lowest BCUT2D eigenvalue weighted by Gasteiger charge is -2.22. The number of thiazole rings is 1. The number of aliphatic hydroxyl groups excluding tert-OH is 1. The first kappa shape index (κ1) is 24.1. The highest BCUT2D eigenvalue weighted by molar-refractivity contribution is 7.22. The van der Waals surface area contributed by atoms with Crippen molar-refractivity contribution in [2.75, 3.05) is 11.5 Å². The number of fused-ring (bicyclic) bond motifs is 1. The number of carbonyl (C=O) groups is 2. The summed E-state index contributed by atoms with van der Waals surface area (Å²) in [6, 6.07) is 13.2. The Kier molecular flexibility index (Phi) is 6.14. The number of nitro benzene ring substituents is 1. The van der Waals surface area contributed by atoms with Crippen molar-refractivity contribution in [1.82, 2.24) is 9.97 Å². The largest absolute Gasteiger partial charge is 0.507 e. The summed E-state index contributed by atoms with van der Waals surface area (Å²) in [4.78, 5) is 47.4. The van der Waals surface area contributed by atoms with Gasteiger partial charge in [-0.05, 0) is 55.8 Å². The van der Waals surface area contributed by atoms with Crippen LogP contribution in [0.1, 0.15) is 29.8 Å². The fourth-order valence-electron chi connectivity index (χ4n) is 4.23. The molecule has 0 saturated carbocycles. The van der Waals surface area contributed by atoms with Crippen LogP contribution in [-0.4, -0.2) is 38.3 Å². The van der Waals surface area contributed by atoms with Crippen LogP contribution in [-0.2, 0) is 9.59 Å². The number of carbonyl (C=O) groups excluding carboxylic acids is 2. The first-order valence-corrected chi connectivity index (χ1v) is 12.1. The minimum absolute atomic E-state index is 0.114. The van der Waals surface area contributed by atoms with E-state index in [2.05, 4.69) is 9.97 Å². The first-order valence-electron chi connectivity index (χ1n) is 11.3. The Labute approximate surface area is 214 Å². The molecule has 1 unspecified atom stereocenters. The fourth-order valence-corrected chi connectivity index (χ4v) is 5.26. The molecule has 0 radical (unpaired) electrons. The summed E-state index contributed by atoms with van der Waals surface area (Å²) in [6.45, 7) is 4.15.